The molecule has 2 aromatic rings. The molecule has 7 nitrogen and oxygen atoms in total. The molecule has 29 heavy (non-hydrogen) atoms. The maximum atomic E-state index is 13.1. The molecule has 0 fully saturated rings. The van der Waals surface area contributed by atoms with Crippen molar-refractivity contribution in [2.45, 2.75) is 30.7 Å². The van der Waals surface area contributed by atoms with Gasteiger partial charge in [-0.15, -0.1) is 0 Å². The van der Waals surface area contributed by atoms with Crippen LogP contribution in [0.25, 0.3) is 0 Å². The number of para-hydroxylation sites is 1. The van der Waals surface area contributed by atoms with E-state index in [4.69, 9.17) is 9.47 Å². The number of rotatable bonds is 8. The standard InChI is InChI=1S/C21H26N2O5S/c1-16(14-27-2)22-21(24)15-28-18-9-11-19(12-10-18)29(25,26)23-13-5-7-17-6-3-4-8-20(17)23/h3-4,6,8-12,16H,5,7,13-15H2,1-2H3,(H,22,24)/t16-/m0/s1. The molecule has 1 heterocycles. The molecule has 0 bridgehead atoms. The first-order chi connectivity index (χ1) is 13.9. The second-order valence-electron chi connectivity index (χ2n) is 6.99. The third-order valence-electron chi connectivity index (χ3n) is 4.67. The number of carbonyl (C=O) groups is 1. The molecule has 0 aliphatic carbocycles. The third kappa shape index (κ3) is 5.07. The van der Waals surface area contributed by atoms with Crippen molar-refractivity contribution in [2.75, 3.05) is 31.2 Å². The highest BCUT2D eigenvalue weighted by atomic mass is 32.2. The number of amides is 1. The summed E-state index contributed by atoms with van der Waals surface area (Å²) in [6.07, 6.45) is 1.66. The Bertz CT molecular complexity index is 944. The Hall–Kier alpha value is -2.58. The van der Waals surface area contributed by atoms with Crippen LogP contribution in [0.1, 0.15) is 18.9 Å². The van der Waals surface area contributed by atoms with Gasteiger partial charge >= 0.3 is 0 Å². The van der Waals surface area contributed by atoms with Crippen molar-refractivity contribution in [3.05, 3.63) is 54.1 Å². The lowest BCUT2D eigenvalue weighted by Crippen LogP contribution is -2.38. The second kappa shape index (κ2) is 9.28. The van der Waals surface area contributed by atoms with E-state index >= 15 is 0 Å². The minimum atomic E-state index is -3.66. The van der Waals surface area contributed by atoms with E-state index in [2.05, 4.69) is 5.32 Å². The number of nitrogens with zero attached hydrogens (tertiary/aromatic N) is 1. The van der Waals surface area contributed by atoms with Crippen LogP contribution in [0.15, 0.2) is 53.4 Å². The summed E-state index contributed by atoms with van der Waals surface area (Å²) in [7, 11) is -2.09. The van der Waals surface area contributed by atoms with Gasteiger partial charge in [0.25, 0.3) is 15.9 Å². The van der Waals surface area contributed by atoms with Gasteiger partial charge in [0.1, 0.15) is 5.75 Å². The third-order valence-corrected chi connectivity index (χ3v) is 6.50. The number of fused-ring (bicyclic) bond motifs is 1. The number of carbonyl (C=O) groups excluding carboxylic acids is 1. The van der Waals surface area contributed by atoms with Crippen molar-refractivity contribution in [1.29, 1.82) is 0 Å². The maximum Gasteiger partial charge on any atom is 0.264 e. The number of aryl methyl sites for hydroxylation is 1. The molecule has 3 rings (SSSR count). The highest BCUT2D eigenvalue weighted by molar-refractivity contribution is 7.92. The molecule has 8 heteroatoms. The van der Waals surface area contributed by atoms with Crippen LogP contribution in [0.3, 0.4) is 0 Å². The van der Waals surface area contributed by atoms with Crippen LogP contribution in [-0.2, 0) is 26.0 Å². The van der Waals surface area contributed by atoms with Crippen LogP contribution < -0.4 is 14.4 Å². The van der Waals surface area contributed by atoms with Crippen LogP contribution in [-0.4, -0.2) is 47.2 Å². The summed E-state index contributed by atoms with van der Waals surface area (Å²) in [4.78, 5) is 12.1. The zero-order valence-electron chi connectivity index (χ0n) is 16.6. The van der Waals surface area contributed by atoms with Crippen molar-refractivity contribution in [3.63, 3.8) is 0 Å². The first-order valence-corrected chi connectivity index (χ1v) is 11.0. The molecular formula is C21H26N2O5S. The monoisotopic (exact) mass is 418 g/mol. The smallest absolute Gasteiger partial charge is 0.264 e. The summed E-state index contributed by atoms with van der Waals surface area (Å²) in [5.74, 6) is 0.161. The van der Waals surface area contributed by atoms with Crippen molar-refractivity contribution in [1.82, 2.24) is 5.32 Å². The topological polar surface area (TPSA) is 84.9 Å². The molecule has 0 radical (unpaired) electrons. The maximum absolute atomic E-state index is 13.1. The van der Waals surface area contributed by atoms with Gasteiger partial charge in [0.2, 0.25) is 0 Å². The van der Waals surface area contributed by atoms with E-state index in [0.717, 1.165) is 24.1 Å². The van der Waals surface area contributed by atoms with Gasteiger partial charge in [-0.05, 0) is 55.7 Å². The highest BCUT2D eigenvalue weighted by Gasteiger charge is 2.28. The number of hydrogen-bond donors (Lipinski definition) is 1. The fourth-order valence-corrected chi connectivity index (χ4v) is 4.88. The molecule has 0 spiro atoms. The van der Waals surface area contributed by atoms with Crippen LogP contribution in [0.2, 0.25) is 0 Å². The van der Waals surface area contributed by atoms with E-state index in [9.17, 15) is 13.2 Å². The van der Waals surface area contributed by atoms with E-state index in [1.54, 1.807) is 19.2 Å². The van der Waals surface area contributed by atoms with Crippen molar-refractivity contribution < 1.29 is 22.7 Å². The zero-order chi connectivity index (χ0) is 20.9. The van der Waals surface area contributed by atoms with Crippen LogP contribution in [0.5, 0.6) is 5.75 Å². The summed E-state index contributed by atoms with van der Waals surface area (Å²) in [5.41, 5.74) is 1.77. The normalized spacial score (nSPS) is 14.8. The molecule has 0 saturated heterocycles. The average Bonchev–Trinajstić information content (AvgIpc) is 2.72. The molecule has 1 aliphatic rings. The fraction of sp³-hybridized carbons (Fsp3) is 0.381. The Kier molecular flexibility index (Phi) is 6.76. The lowest BCUT2D eigenvalue weighted by molar-refractivity contribution is -0.124. The Morgan fingerprint density at radius 1 is 1.17 bits per heavy atom. The second-order valence-corrected chi connectivity index (χ2v) is 8.86. The number of methoxy groups -OCH3 is 1. The molecule has 1 aliphatic heterocycles. The number of hydrogen-bond acceptors (Lipinski definition) is 5. The first-order valence-electron chi connectivity index (χ1n) is 9.53. The molecule has 156 valence electrons. The SMILES string of the molecule is COC[C@H](C)NC(=O)COc1ccc(S(=O)(=O)N2CCCc3ccccc32)cc1. The van der Waals surface area contributed by atoms with Crippen molar-refractivity contribution in [3.8, 4) is 5.75 Å². The molecule has 0 unspecified atom stereocenters. The van der Waals surface area contributed by atoms with Gasteiger partial charge in [-0.1, -0.05) is 18.2 Å². The summed E-state index contributed by atoms with van der Waals surface area (Å²) in [5, 5.41) is 2.75. The summed E-state index contributed by atoms with van der Waals surface area (Å²) in [6, 6.07) is 13.6. The Morgan fingerprint density at radius 3 is 2.62 bits per heavy atom. The van der Waals surface area contributed by atoms with Crippen LogP contribution >= 0.6 is 0 Å². The quantitative estimate of drug-likeness (QED) is 0.711. The van der Waals surface area contributed by atoms with Gasteiger partial charge in [0.05, 0.1) is 17.2 Å². The molecule has 1 amide bonds. The summed E-state index contributed by atoms with van der Waals surface area (Å²) < 4.78 is 38.1. The molecular weight excluding hydrogens is 392 g/mol. The van der Waals surface area contributed by atoms with Gasteiger partial charge in [-0.3, -0.25) is 9.10 Å². The Morgan fingerprint density at radius 2 is 1.90 bits per heavy atom. The van der Waals surface area contributed by atoms with Crippen molar-refractivity contribution in [2.24, 2.45) is 0 Å². The summed E-state index contributed by atoms with van der Waals surface area (Å²) >= 11 is 0. The molecule has 0 aromatic heterocycles. The van der Waals surface area contributed by atoms with E-state index in [-0.39, 0.29) is 23.5 Å². The number of anilines is 1. The lowest BCUT2D eigenvalue weighted by atomic mass is 10.0. The van der Waals surface area contributed by atoms with Gasteiger partial charge in [0, 0.05) is 19.7 Å². The molecule has 1 N–H and O–H groups in total. The van der Waals surface area contributed by atoms with Gasteiger partial charge in [0.15, 0.2) is 6.61 Å². The van der Waals surface area contributed by atoms with E-state index in [1.807, 2.05) is 31.2 Å². The Labute approximate surface area is 171 Å². The number of benzene rings is 2. The van der Waals surface area contributed by atoms with E-state index in [1.165, 1.54) is 16.4 Å². The predicted octanol–water partition coefficient (Wildman–Crippen LogP) is 2.36. The molecule has 0 saturated carbocycles. The first kappa shape index (κ1) is 21.1. The minimum absolute atomic E-state index is 0.115. The van der Waals surface area contributed by atoms with Crippen molar-refractivity contribution >= 4 is 21.6 Å². The largest absolute Gasteiger partial charge is 0.484 e. The molecule has 1 atom stereocenters. The zero-order valence-corrected chi connectivity index (χ0v) is 17.4. The van der Waals surface area contributed by atoms with Crippen LogP contribution in [0, 0.1) is 0 Å². The lowest BCUT2D eigenvalue weighted by Gasteiger charge is -2.30. The minimum Gasteiger partial charge on any atom is -0.484 e. The van der Waals surface area contributed by atoms with Crippen LogP contribution in [0.4, 0.5) is 5.69 Å². The van der Waals surface area contributed by atoms with E-state index in [0.29, 0.717) is 18.9 Å². The average molecular weight is 419 g/mol. The van der Waals surface area contributed by atoms with Gasteiger partial charge in [-0.25, -0.2) is 8.42 Å². The number of sulfonamides is 1. The Balaban J connectivity index is 1.66. The predicted molar refractivity (Wildman–Crippen MR) is 111 cm³/mol. The number of ether oxygens (including phenoxy) is 2. The highest BCUT2D eigenvalue weighted by Crippen LogP contribution is 2.32. The van der Waals surface area contributed by atoms with Gasteiger partial charge in [-0.2, -0.15) is 0 Å². The van der Waals surface area contributed by atoms with E-state index < -0.39 is 10.0 Å². The van der Waals surface area contributed by atoms with Gasteiger partial charge < -0.3 is 14.8 Å². The fourth-order valence-electron chi connectivity index (χ4n) is 3.34. The summed E-state index contributed by atoms with van der Waals surface area (Å²) in [6.45, 7) is 2.55. The number of nitrogens with one attached hydrogen (secondary N) is 1. The molecule has 2 aromatic carbocycles.